The van der Waals surface area contributed by atoms with Crippen molar-refractivity contribution in [3.63, 3.8) is 0 Å². The molecule has 0 saturated heterocycles. The number of hydrogen-bond donors (Lipinski definition) is 0. The maximum atomic E-state index is 11.3. The zero-order valence-electron chi connectivity index (χ0n) is 17.0. The van der Waals surface area contributed by atoms with E-state index >= 15 is 0 Å². The van der Waals surface area contributed by atoms with Crippen LogP contribution in [0.4, 0.5) is 0 Å². The molecule has 3 nitrogen and oxygen atoms in total. The van der Waals surface area contributed by atoms with Gasteiger partial charge < -0.3 is 4.74 Å². The van der Waals surface area contributed by atoms with Crippen LogP contribution in [0, 0.1) is 0 Å². The molecule has 0 aromatic carbocycles. The molecule has 0 aromatic rings. The molecular weight excluding hydrogens is 366 g/mol. The van der Waals surface area contributed by atoms with E-state index in [1.165, 1.54) is 90.4 Å². The van der Waals surface area contributed by atoms with Gasteiger partial charge in [0, 0.05) is 25.9 Å². The van der Waals surface area contributed by atoms with Crippen LogP contribution in [-0.4, -0.2) is 18.4 Å². The van der Waals surface area contributed by atoms with Crippen LogP contribution in [0.5, 0.6) is 0 Å². The Kier molecular flexibility index (Phi) is 23.5. The summed E-state index contributed by atoms with van der Waals surface area (Å²) in [6, 6.07) is 0. The quantitative estimate of drug-likeness (QED) is 0.151. The molecule has 0 aromatic heterocycles. The Morgan fingerprint density at radius 3 is 1.36 bits per heavy atom. The van der Waals surface area contributed by atoms with Crippen LogP contribution in [0.2, 0.25) is 0 Å². The number of Topliss-reactive ketones (excluding diaryl/α,β-unsaturated/α-hetero) is 1. The van der Waals surface area contributed by atoms with E-state index < -0.39 is 0 Å². The van der Waals surface area contributed by atoms with Gasteiger partial charge in [-0.05, 0) is 13.3 Å². The predicted molar refractivity (Wildman–Crippen MR) is 101 cm³/mol. The monoisotopic (exact) mass is 404 g/mol. The van der Waals surface area contributed by atoms with Gasteiger partial charge in [-0.1, -0.05) is 96.8 Å². The summed E-state index contributed by atoms with van der Waals surface area (Å²) in [4.78, 5) is 22.0. The number of carbonyl (C=O) groups excluding carboxylic acids is 2. The molecule has 0 saturated carbocycles. The van der Waals surface area contributed by atoms with Crippen molar-refractivity contribution < 1.29 is 33.8 Å². The SMILES string of the molecule is CCCCCCCCCCCCCCCCCC(=O)OCC(C)=O.[Zn]. The van der Waals surface area contributed by atoms with Crippen LogP contribution in [0.25, 0.3) is 0 Å². The van der Waals surface area contributed by atoms with Gasteiger partial charge >= 0.3 is 5.97 Å². The Morgan fingerprint density at radius 2 is 1.00 bits per heavy atom. The molecule has 0 aliphatic rings. The topological polar surface area (TPSA) is 43.4 Å². The molecule has 0 bridgehead atoms. The zero-order valence-corrected chi connectivity index (χ0v) is 19.9. The molecule has 0 aliphatic heterocycles. The molecule has 0 amide bonds. The first kappa shape index (κ1) is 27.0. The van der Waals surface area contributed by atoms with E-state index in [0.717, 1.165) is 12.8 Å². The van der Waals surface area contributed by atoms with Gasteiger partial charge in [0.15, 0.2) is 5.78 Å². The average Bonchev–Trinajstić information content (AvgIpc) is 2.56. The van der Waals surface area contributed by atoms with E-state index in [1.807, 2.05) is 0 Å². The first-order chi connectivity index (χ1) is 11.7. The van der Waals surface area contributed by atoms with E-state index in [9.17, 15) is 9.59 Å². The second-order valence-electron chi connectivity index (χ2n) is 7.06. The largest absolute Gasteiger partial charge is 0.458 e. The van der Waals surface area contributed by atoms with Crippen LogP contribution in [-0.2, 0) is 33.8 Å². The second kappa shape index (κ2) is 21.8. The minimum Gasteiger partial charge on any atom is -0.458 e. The maximum Gasteiger partial charge on any atom is 0.306 e. The van der Waals surface area contributed by atoms with E-state index in [4.69, 9.17) is 4.74 Å². The third-order valence-corrected chi connectivity index (χ3v) is 4.42. The van der Waals surface area contributed by atoms with E-state index in [-0.39, 0.29) is 37.8 Å². The molecule has 4 heteroatoms. The van der Waals surface area contributed by atoms with Gasteiger partial charge in [-0.25, -0.2) is 0 Å². The fraction of sp³-hybridized carbons (Fsp3) is 0.905. The van der Waals surface area contributed by atoms with Gasteiger partial charge in [-0.2, -0.15) is 0 Å². The summed E-state index contributed by atoms with van der Waals surface area (Å²) >= 11 is 0. The smallest absolute Gasteiger partial charge is 0.306 e. The summed E-state index contributed by atoms with van der Waals surface area (Å²) in [5.74, 6) is -0.334. The Bertz CT molecular complexity index is 306. The summed E-state index contributed by atoms with van der Waals surface area (Å²) in [7, 11) is 0. The van der Waals surface area contributed by atoms with Crippen molar-refractivity contribution in [1.82, 2.24) is 0 Å². The van der Waals surface area contributed by atoms with Crippen molar-refractivity contribution in [2.24, 2.45) is 0 Å². The van der Waals surface area contributed by atoms with Gasteiger partial charge in [0.1, 0.15) is 6.61 Å². The minimum absolute atomic E-state index is 0. The summed E-state index contributed by atoms with van der Waals surface area (Å²) < 4.78 is 4.83. The minimum atomic E-state index is -0.236. The number of unbranched alkanes of at least 4 members (excludes halogenated alkanes) is 14. The van der Waals surface area contributed by atoms with Gasteiger partial charge in [0.25, 0.3) is 0 Å². The number of ketones is 1. The third kappa shape index (κ3) is 23.8. The van der Waals surface area contributed by atoms with Gasteiger partial charge in [0.2, 0.25) is 0 Å². The first-order valence-corrected chi connectivity index (χ1v) is 10.3. The van der Waals surface area contributed by atoms with E-state index in [0.29, 0.717) is 6.42 Å². The Hall–Kier alpha value is -0.237. The van der Waals surface area contributed by atoms with Crippen molar-refractivity contribution in [3.8, 4) is 0 Å². The predicted octanol–water partition coefficient (Wildman–Crippen LogP) is 6.38. The number of hydrogen-bond acceptors (Lipinski definition) is 3. The molecule has 0 fully saturated rings. The molecule has 25 heavy (non-hydrogen) atoms. The van der Waals surface area contributed by atoms with Gasteiger partial charge in [-0.3, -0.25) is 9.59 Å². The molecule has 144 valence electrons. The van der Waals surface area contributed by atoms with Crippen molar-refractivity contribution in [2.75, 3.05) is 6.61 Å². The average molecular weight is 406 g/mol. The molecule has 0 aliphatic carbocycles. The Morgan fingerprint density at radius 1 is 0.640 bits per heavy atom. The normalized spacial score (nSPS) is 10.3. The Labute approximate surface area is 168 Å². The molecule has 0 rings (SSSR count). The number of rotatable bonds is 18. The summed E-state index contributed by atoms with van der Waals surface area (Å²) in [5.41, 5.74) is 0. The van der Waals surface area contributed by atoms with Crippen molar-refractivity contribution >= 4 is 11.8 Å². The molecule has 0 spiro atoms. The second-order valence-corrected chi connectivity index (χ2v) is 7.06. The molecule has 0 heterocycles. The van der Waals surface area contributed by atoms with Crippen LogP contribution >= 0.6 is 0 Å². The van der Waals surface area contributed by atoms with Gasteiger partial charge in [-0.15, -0.1) is 0 Å². The molecule has 0 unspecified atom stereocenters. The van der Waals surface area contributed by atoms with Gasteiger partial charge in [0.05, 0.1) is 0 Å². The summed E-state index contributed by atoms with van der Waals surface area (Å²) in [6.45, 7) is 3.63. The third-order valence-electron chi connectivity index (χ3n) is 4.42. The van der Waals surface area contributed by atoms with Crippen molar-refractivity contribution in [3.05, 3.63) is 0 Å². The van der Waals surface area contributed by atoms with E-state index in [1.54, 1.807) is 0 Å². The number of esters is 1. The zero-order chi connectivity index (χ0) is 17.9. The fourth-order valence-electron chi connectivity index (χ4n) is 2.89. The molecule has 0 radical (unpaired) electrons. The maximum absolute atomic E-state index is 11.3. The number of ether oxygens (including phenoxy) is 1. The van der Waals surface area contributed by atoms with Crippen LogP contribution in [0.15, 0.2) is 0 Å². The number of carbonyl (C=O) groups is 2. The van der Waals surface area contributed by atoms with Crippen molar-refractivity contribution in [2.45, 2.75) is 117 Å². The Balaban J connectivity index is 0. The first-order valence-electron chi connectivity index (χ1n) is 10.3. The van der Waals surface area contributed by atoms with Crippen LogP contribution in [0.1, 0.15) is 117 Å². The molecular formula is C21H40O3Zn. The van der Waals surface area contributed by atoms with Crippen LogP contribution < -0.4 is 0 Å². The van der Waals surface area contributed by atoms with Crippen LogP contribution in [0.3, 0.4) is 0 Å². The summed E-state index contributed by atoms with van der Waals surface area (Å²) in [5, 5.41) is 0. The molecule has 0 N–H and O–H groups in total. The standard InChI is InChI=1S/C21H40O3.Zn/c1-3-4-5-6-7-8-9-10-11-12-13-14-15-16-17-18-21(23)24-19-20(2)22;/h3-19H2,1-2H3;. The summed E-state index contributed by atoms with van der Waals surface area (Å²) in [6.07, 6.45) is 20.2. The van der Waals surface area contributed by atoms with Crippen molar-refractivity contribution in [1.29, 1.82) is 0 Å². The fourth-order valence-corrected chi connectivity index (χ4v) is 2.89. The van der Waals surface area contributed by atoms with E-state index in [2.05, 4.69) is 6.92 Å². The molecule has 0 atom stereocenters.